The monoisotopic (exact) mass is 244 g/mol. The molecule has 0 aromatic heterocycles. The fourth-order valence-corrected chi connectivity index (χ4v) is 1.35. The van der Waals surface area contributed by atoms with Gasteiger partial charge in [-0.25, -0.2) is 0 Å². The van der Waals surface area contributed by atoms with E-state index in [-0.39, 0.29) is 22.9 Å². The molecule has 0 radical (unpaired) electrons. The highest BCUT2D eigenvalue weighted by molar-refractivity contribution is 6.34. The minimum absolute atomic E-state index is 0.0143. The van der Waals surface area contributed by atoms with Gasteiger partial charge in [-0.2, -0.15) is 0 Å². The van der Waals surface area contributed by atoms with E-state index in [1.54, 1.807) is 6.92 Å². The van der Waals surface area contributed by atoms with Crippen LogP contribution in [0.5, 0.6) is 5.75 Å². The third-order valence-electron chi connectivity index (χ3n) is 1.80. The summed E-state index contributed by atoms with van der Waals surface area (Å²) < 4.78 is 5.07. The van der Waals surface area contributed by atoms with E-state index in [9.17, 15) is 14.9 Å². The summed E-state index contributed by atoms with van der Waals surface area (Å²) in [5.74, 6) is -0.701. The average molecular weight is 245 g/mol. The predicted molar refractivity (Wildman–Crippen MR) is 57.8 cm³/mol. The largest absolute Gasteiger partial charge is 0.492 e. The molecule has 7 heteroatoms. The van der Waals surface area contributed by atoms with Gasteiger partial charge in [-0.1, -0.05) is 11.6 Å². The first-order chi connectivity index (χ1) is 7.47. The van der Waals surface area contributed by atoms with E-state index in [4.69, 9.17) is 22.1 Å². The first kappa shape index (κ1) is 12.3. The van der Waals surface area contributed by atoms with Crippen molar-refractivity contribution in [1.82, 2.24) is 0 Å². The van der Waals surface area contributed by atoms with Gasteiger partial charge in [0.15, 0.2) is 5.02 Å². The Labute approximate surface area is 96.1 Å². The van der Waals surface area contributed by atoms with Crippen LogP contribution in [0.1, 0.15) is 17.3 Å². The second kappa shape index (κ2) is 4.80. The Bertz CT molecular complexity index is 447. The molecule has 1 aromatic rings. The molecule has 0 bridgehead atoms. The standard InChI is InChI=1S/C9H9ClN2O4/c1-2-16-7-4-5(9(11)13)3-6(8(7)10)12(14)15/h3-4H,2H2,1H3,(H2,11,13). The van der Waals surface area contributed by atoms with Crippen LogP contribution in [-0.2, 0) is 0 Å². The second-order valence-electron chi connectivity index (χ2n) is 2.86. The maximum atomic E-state index is 10.9. The third-order valence-corrected chi connectivity index (χ3v) is 2.18. The lowest BCUT2D eigenvalue weighted by Gasteiger charge is -2.07. The minimum Gasteiger partial charge on any atom is -0.492 e. The molecule has 0 fully saturated rings. The molecule has 16 heavy (non-hydrogen) atoms. The molecule has 0 aliphatic carbocycles. The Morgan fingerprint density at radius 1 is 1.62 bits per heavy atom. The van der Waals surface area contributed by atoms with Gasteiger partial charge in [0, 0.05) is 11.6 Å². The van der Waals surface area contributed by atoms with Gasteiger partial charge >= 0.3 is 0 Å². The number of nitrogens with zero attached hydrogens (tertiary/aromatic N) is 1. The van der Waals surface area contributed by atoms with Crippen LogP contribution in [-0.4, -0.2) is 17.4 Å². The van der Waals surface area contributed by atoms with Crippen LogP contribution in [0.2, 0.25) is 5.02 Å². The molecule has 0 saturated heterocycles. The molecule has 0 atom stereocenters. The molecule has 2 N–H and O–H groups in total. The fraction of sp³-hybridized carbons (Fsp3) is 0.222. The van der Waals surface area contributed by atoms with Crippen LogP contribution in [0.3, 0.4) is 0 Å². The molecule has 6 nitrogen and oxygen atoms in total. The van der Waals surface area contributed by atoms with Crippen molar-refractivity contribution in [3.05, 3.63) is 32.8 Å². The van der Waals surface area contributed by atoms with Gasteiger partial charge < -0.3 is 10.5 Å². The van der Waals surface area contributed by atoms with Crippen molar-refractivity contribution in [2.75, 3.05) is 6.61 Å². The maximum Gasteiger partial charge on any atom is 0.292 e. The van der Waals surface area contributed by atoms with E-state index < -0.39 is 16.5 Å². The molecular weight excluding hydrogens is 236 g/mol. The molecule has 1 amide bonds. The molecule has 0 heterocycles. The van der Waals surface area contributed by atoms with Gasteiger partial charge in [-0.15, -0.1) is 0 Å². The number of nitrogens with two attached hydrogens (primary N) is 1. The number of amides is 1. The third kappa shape index (κ3) is 2.40. The first-order valence-electron chi connectivity index (χ1n) is 4.38. The number of primary amides is 1. The van der Waals surface area contributed by atoms with Gasteiger partial charge in [0.05, 0.1) is 11.5 Å². The number of hydrogen-bond acceptors (Lipinski definition) is 4. The van der Waals surface area contributed by atoms with E-state index in [2.05, 4.69) is 0 Å². The molecule has 0 aliphatic rings. The zero-order valence-electron chi connectivity index (χ0n) is 8.40. The molecular formula is C9H9ClN2O4. The number of carbonyl (C=O) groups excluding carboxylic acids is 1. The summed E-state index contributed by atoms with van der Waals surface area (Å²) in [6.07, 6.45) is 0. The van der Waals surface area contributed by atoms with E-state index in [0.717, 1.165) is 6.07 Å². The Kier molecular flexibility index (Phi) is 3.68. The first-order valence-corrected chi connectivity index (χ1v) is 4.75. The van der Waals surface area contributed by atoms with E-state index in [1.165, 1.54) is 6.07 Å². The van der Waals surface area contributed by atoms with E-state index >= 15 is 0 Å². The highest BCUT2D eigenvalue weighted by Crippen LogP contribution is 2.35. The van der Waals surface area contributed by atoms with Crippen LogP contribution in [0, 0.1) is 10.1 Å². The molecule has 0 aliphatic heterocycles. The van der Waals surface area contributed by atoms with Gasteiger partial charge in [0.2, 0.25) is 5.91 Å². The van der Waals surface area contributed by atoms with Gasteiger partial charge in [0.1, 0.15) is 5.75 Å². The van der Waals surface area contributed by atoms with Crippen LogP contribution in [0.15, 0.2) is 12.1 Å². The molecule has 0 spiro atoms. The van der Waals surface area contributed by atoms with Crippen molar-refractivity contribution in [2.24, 2.45) is 5.73 Å². The number of nitro groups is 1. The highest BCUT2D eigenvalue weighted by atomic mass is 35.5. The number of nitro benzene ring substituents is 1. The van der Waals surface area contributed by atoms with E-state index in [0.29, 0.717) is 0 Å². The number of hydrogen-bond donors (Lipinski definition) is 1. The maximum absolute atomic E-state index is 10.9. The van der Waals surface area contributed by atoms with Gasteiger partial charge in [0.25, 0.3) is 5.69 Å². The lowest BCUT2D eigenvalue weighted by atomic mass is 10.2. The topological polar surface area (TPSA) is 95.5 Å². The predicted octanol–water partition coefficient (Wildman–Crippen LogP) is 1.75. The molecule has 86 valence electrons. The van der Waals surface area contributed by atoms with Gasteiger partial charge in [-0.05, 0) is 13.0 Å². The Morgan fingerprint density at radius 2 is 2.25 bits per heavy atom. The average Bonchev–Trinajstić information content (AvgIpc) is 2.20. The van der Waals surface area contributed by atoms with Crippen molar-refractivity contribution in [3.8, 4) is 5.75 Å². The summed E-state index contributed by atoms with van der Waals surface area (Å²) in [4.78, 5) is 20.9. The number of halogens is 1. The van der Waals surface area contributed by atoms with Crippen LogP contribution >= 0.6 is 11.6 Å². The van der Waals surface area contributed by atoms with E-state index in [1.807, 2.05) is 0 Å². The van der Waals surface area contributed by atoms with Crippen LogP contribution in [0.4, 0.5) is 5.69 Å². The Hall–Kier alpha value is -1.82. The molecule has 1 rings (SSSR count). The van der Waals surface area contributed by atoms with Crippen molar-refractivity contribution >= 4 is 23.2 Å². The summed E-state index contributed by atoms with van der Waals surface area (Å²) in [5, 5.41) is 10.5. The molecule has 0 unspecified atom stereocenters. The normalized spacial score (nSPS) is 9.88. The van der Waals surface area contributed by atoms with Crippen LogP contribution < -0.4 is 10.5 Å². The SMILES string of the molecule is CCOc1cc(C(N)=O)cc([N+](=O)[O-])c1Cl. The molecule has 1 aromatic carbocycles. The van der Waals surface area contributed by atoms with Gasteiger partial charge in [-0.3, -0.25) is 14.9 Å². The lowest BCUT2D eigenvalue weighted by molar-refractivity contribution is -0.384. The molecule has 0 saturated carbocycles. The lowest BCUT2D eigenvalue weighted by Crippen LogP contribution is -2.12. The number of rotatable bonds is 4. The van der Waals surface area contributed by atoms with Crippen molar-refractivity contribution in [1.29, 1.82) is 0 Å². The summed E-state index contributed by atoms with van der Waals surface area (Å²) in [6.45, 7) is 1.97. The number of benzene rings is 1. The minimum atomic E-state index is -0.777. The number of carbonyl (C=O) groups is 1. The zero-order chi connectivity index (χ0) is 12.3. The van der Waals surface area contributed by atoms with Crippen molar-refractivity contribution in [3.63, 3.8) is 0 Å². The summed E-state index contributed by atoms with van der Waals surface area (Å²) in [7, 11) is 0. The Balaban J connectivity index is 3.38. The van der Waals surface area contributed by atoms with Crippen molar-refractivity contribution < 1.29 is 14.5 Å². The van der Waals surface area contributed by atoms with Crippen molar-refractivity contribution in [2.45, 2.75) is 6.92 Å². The highest BCUT2D eigenvalue weighted by Gasteiger charge is 2.20. The quantitative estimate of drug-likeness (QED) is 0.645. The second-order valence-corrected chi connectivity index (χ2v) is 3.24. The summed E-state index contributed by atoms with van der Waals surface area (Å²) >= 11 is 5.74. The smallest absolute Gasteiger partial charge is 0.292 e. The zero-order valence-corrected chi connectivity index (χ0v) is 9.15. The fourth-order valence-electron chi connectivity index (χ4n) is 1.12. The summed E-state index contributed by atoms with van der Waals surface area (Å²) in [6, 6.07) is 2.30. The summed E-state index contributed by atoms with van der Waals surface area (Å²) in [5.41, 5.74) is 4.62. The Morgan fingerprint density at radius 3 is 2.69 bits per heavy atom. The van der Waals surface area contributed by atoms with Crippen LogP contribution in [0.25, 0.3) is 0 Å². The number of ether oxygens (including phenoxy) is 1.